The van der Waals surface area contributed by atoms with Crippen LogP contribution >= 0.6 is 0 Å². The molecule has 5 nitrogen and oxygen atoms in total. The third-order valence-electron chi connectivity index (χ3n) is 4.83. The summed E-state index contributed by atoms with van der Waals surface area (Å²) in [7, 11) is 0. The van der Waals surface area contributed by atoms with Gasteiger partial charge in [-0.3, -0.25) is 4.90 Å². The topological polar surface area (TPSA) is 48.0 Å². The second kappa shape index (κ2) is 9.72. The maximum atomic E-state index is 13.2. The van der Waals surface area contributed by atoms with E-state index in [0.29, 0.717) is 6.92 Å². The molecule has 0 radical (unpaired) electrons. The van der Waals surface area contributed by atoms with Crippen molar-refractivity contribution in [2.75, 3.05) is 13.2 Å². The fraction of sp³-hybridized carbons (Fsp3) is 0.409. The van der Waals surface area contributed by atoms with Gasteiger partial charge in [-0.2, -0.15) is 22.0 Å². The summed E-state index contributed by atoms with van der Waals surface area (Å²) in [5.41, 5.74) is -0.0654. The molecule has 0 spiro atoms. The number of hydrogen-bond acceptors (Lipinski definition) is 4. The molecule has 32 heavy (non-hydrogen) atoms. The Bertz CT molecular complexity index is 884. The molecule has 3 rings (SSSR count). The van der Waals surface area contributed by atoms with Gasteiger partial charge in [-0.1, -0.05) is 30.3 Å². The maximum absolute atomic E-state index is 13.2. The van der Waals surface area contributed by atoms with Gasteiger partial charge in [-0.05, 0) is 29.8 Å². The van der Waals surface area contributed by atoms with E-state index in [1.165, 1.54) is 17.0 Å². The van der Waals surface area contributed by atoms with Gasteiger partial charge in [0, 0.05) is 13.3 Å². The summed E-state index contributed by atoms with van der Waals surface area (Å²) < 4.78 is 80.0. The van der Waals surface area contributed by atoms with Gasteiger partial charge < -0.3 is 14.2 Å². The highest BCUT2D eigenvalue weighted by Gasteiger charge is 2.39. The van der Waals surface area contributed by atoms with E-state index >= 15 is 0 Å². The molecule has 1 amide bonds. The molecule has 174 valence electrons. The summed E-state index contributed by atoms with van der Waals surface area (Å²) >= 11 is 0. The molecule has 0 aromatic heterocycles. The number of carbonyl (C=O) groups excluding carboxylic acids is 1. The number of hydrogen-bond donors (Lipinski definition) is 0. The summed E-state index contributed by atoms with van der Waals surface area (Å²) in [6.07, 6.45) is -9.06. The Labute approximate surface area is 181 Å². The number of rotatable bonds is 7. The normalized spacial score (nSPS) is 19.1. The van der Waals surface area contributed by atoms with Gasteiger partial charge in [-0.25, -0.2) is 4.79 Å². The Morgan fingerprint density at radius 2 is 1.69 bits per heavy atom. The van der Waals surface area contributed by atoms with Crippen LogP contribution in [0, 0.1) is 0 Å². The van der Waals surface area contributed by atoms with E-state index < -0.39 is 42.7 Å². The molecule has 2 atom stereocenters. The Kier molecular flexibility index (Phi) is 7.22. The molecule has 1 heterocycles. The molecule has 1 saturated heterocycles. The van der Waals surface area contributed by atoms with Crippen molar-refractivity contribution < 1.29 is 41.0 Å². The highest BCUT2D eigenvalue weighted by atomic mass is 19.4. The lowest BCUT2D eigenvalue weighted by molar-refractivity contribution is -0.229. The number of halogens is 5. The zero-order valence-electron chi connectivity index (χ0n) is 17.1. The Morgan fingerprint density at radius 3 is 2.28 bits per heavy atom. The molecule has 0 unspecified atom stereocenters. The number of ether oxygens (including phenoxy) is 3. The van der Waals surface area contributed by atoms with Gasteiger partial charge >= 0.3 is 18.4 Å². The predicted molar refractivity (Wildman–Crippen MR) is 104 cm³/mol. The fourth-order valence-corrected chi connectivity index (χ4v) is 3.30. The summed E-state index contributed by atoms with van der Waals surface area (Å²) in [6.45, 7) is 0.156. The molecule has 1 aliphatic rings. The van der Waals surface area contributed by atoms with Crippen molar-refractivity contribution >= 4 is 6.09 Å². The molecule has 0 aliphatic carbocycles. The molecule has 1 aliphatic heterocycles. The van der Waals surface area contributed by atoms with Crippen LogP contribution in [0.1, 0.15) is 24.5 Å². The number of carbonyl (C=O) groups is 1. The zero-order chi connectivity index (χ0) is 23.4. The molecule has 10 heteroatoms. The average molecular weight is 459 g/mol. The van der Waals surface area contributed by atoms with E-state index in [-0.39, 0.29) is 25.3 Å². The predicted octanol–water partition coefficient (Wildman–Crippen LogP) is 5.49. The summed E-state index contributed by atoms with van der Waals surface area (Å²) in [5.74, 6) is 0.169. The molecule has 1 fully saturated rings. The van der Waals surface area contributed by atoms with Crippen molar-refractivity contribution in [3.63, 3.8) is 0 Å². The second-order valence-electron chi connectivity index (χ2n) is 7.46. The molecule has 0 saturated carbocycles. The SMILES string of the molecule is CC(F)(F)OC[C@@H]1C[C@@H](Oc2ccc(C(F)(F)F)cc2)CN1C(=O)OCc1ccccc1. The third kappa shape index (κ3) is 6.81. The number of nitrogens with zero attached hydrogens (tertiary/aromatic N) is 1. The molecular weight excluding hydrogens is 437 g/mol. The zero-order valence-corrected chi connectivity index (χ0v) is 17.1. The summed E-state index contributed by atoms with van der Waals surface area (Å²) in [4.78, 5) is 13.8. The number of likely N-dealkylation sites (tertiary alicyclic amines) is 1. The van der Waals surface area contributed by atoms with Crippen molar-refractivity contribution in [3.05, 3.63) is 65.7 Å². The first-order chi connectivity index (χ1) is 15.0. The third-order valence-corrected chi connectivity index (χ3v) is 4.83. The minimum atomic E-state index is -4.47. The Morgan fingerprint density at radius 1 is 1.03 bits per heavy atom. The Hall–Kier alpha value is -2.88. The molecule has 2 aromatic rings. The van der Waals surface area contributed by atoms with Crippen molar-refractivity contribution in [3.8, 4) is 5.75 Å². The highest BCUT2D eigenvalue weighted by molar-refractivity contribution is 5.68. The van der Waals surface area contributed by atoms with Crippen LogP contribution < -0.4 is 4.74 Å². The van der Waals surface area contributed by atoms with Crippen LogP contribution in [0.25, 0.3) is 0 Å². The second-order valence-corrected chi connectivity index (χ2v) is 7.46. The van der Waals surface area contributed by atoms with Gasteiger partial charge in [0.1, 0.15) is 18.5 Å². The lowest BCUT2D eigenvalue weighted by atomic mass is 10.2. The van der Waals surface area contributed by atoms with Crippen molar-refractivity contribution in [1.29, 1.82) is 0 Å². The first-order valence-corrected chi connectivity index (χ1v) is 9.84. The van der Waals surface area contributed by atoms with Gasteiger partial charge in [0.15, 0.2) is 0 Å². The summed E-state index contributed by atoms with van der Waals surface area (Å²) in [5, 5.41) is 0. The van der Waals surface area contributed by atoms with Gasteiger partial charge in [0.05, 0.1) is 24.8 Å². The lowest BCUT2D eigenvalue weighted by Crippen LogP contribution is -2.40. The van der Waals surface area contributed by atoms with Crippen LogP contribution in [0.15, 0.2) is 54.6 Å². The van der Waals surface area contributed by atoms with Gasteiger partial charge in [-0.15, -0.1) is 0 Å². The van der Waals surface area contributed by atoms with Crippen LogP contribution in [-0.4, -0.2) is 42.4 Å². The van der Waals surface area contributed by atoms with Crippen LogP contribution in [0.3, 0.4) is 0 Å². The highest BCUT2D eigenvalue weighted by Crippen LogP contribution is 2.31. The largest absolute Gasteiger partial charge is 0.489 e. The number of amides is 1. The maximum Gasteiger partial charge on any atom is 0.416 e. The van der Waals surface area contributed by atoms with E-state index in [4.69, 9.17) is 9.47 Å². The van der Waals surface area contributed by atoms with E-state index in [9.17, 15) is 26.7 Å². The molecular formula is C22H22F5NO4. The first-order valence-electron chi connectivity index (χ1n) is 9.84. The quantitative estimate of drug-likeness (QED) is 0.514. The minimum absolute atomic E-state index is 0.00187. The van der Waals surface area contributed by atoms with E-state index in [1.54, 1.807) is 24.3 Å². The first kappa shape index (κ1) is 23.8. The standard InChI is InChI=1S/C22H22F5NO4/c1-21(23,24)31-14-17-11-19(32-18-9-7-16(8-10-18)22(25,26)27)12-28(17)20(29)30-13-15-5-3-2-4-6-15/h2-10,17,19H,11-14H2,1H3/t17-,19+/m0/s1. The molecule has 2 aromatic carbocycles. The van der Waals surface area contributed by atoms with E-state index in [2.05, 4.69) is 4.74 Å². The van der Waals surface area contributed by atoms with Gasteiger partial charge in [0.25, 0.3) is 0 Å². The number of alkyl halides is 5. The van der Waals surface area contributed by atoms with E-state index in [1.807, 2.05) is 6.07 Å². The minimum Gasteiger partial charge on any atom is -0.489 e. The van der Waals surface area contributed by atoms with Crippen molar-refractivity contribution in [2.45, 2.75) is 44.4 Å². The monoisotopic (exact) mass is 459 g/mol. The van der Waals surface area contributed by atoms with Crippen molar-refractivity contribution in [1.82, 2.24) is 4.90 Å². The number of benzene rings is 2. The fourth-order valence-electron chi connectivity index (χ4n) is 3.30. The summed E-state index contributed by atoms with van der Waals surface area (Å²) in [6, 6.07) is 12.3. The van der Waals surface area contributed by atoms with Crippen LogP contribution in [0.4, 0.5) is 26.7 Å². The molecule has 0 bridgehead atoms. The van der Waals surface area contributed by atoms with Crippen LogP contribution in [-0.2, 0) is 22.3 Å². The average Bonchev–Trinajstić information content (AvgIpc) is 3.13. The lowest BCUT2D eigenvalue weighted by Gasteiger charge is -2.24. The van der Waals surface area contributed by atoms with Gasteiger partial charge in [0.2, 0.25) is 0 Å². The van der Waals surface area contributed by atoms with E-state index in [0.717, 1.165) is 17.7 Å². The molecule has 0 N–H and O–H groups in total. The van der Waals surface area contributed by atoms with Crippen LogP contribution in [0.5, 0.6) is 5.75 Å². The Balaban J connectivity index is 1.64. The van der Waals surface area contributed by atoms with Crippen molar-refractivity contribution in [2.24, 2.45) is 0 Å². The smallest absolute Gasteiger partial charge is 0.416 e. The van der Waals surface area contributed by atoms with Crippen LogP contribution in [0.2, 0.25) is 0 Å².